The molecule has 0 spiro atoms. The number of hydrogen-bond donors (Lipinski definition) is 1. The molecule has 3 nitrogen and oxygen atoms in total. The molecule has 1 aromatic carbocycles. The molecule has 1 rings (SSSR count). The summed E-state index contributed by atoms with van der Waals surface area (Å²) in [6, 6.07) is 7.76. The summed E-state index contributed by atoms with van der Waals surface area (Å²) in [5.74, 6) is 1.23. The minimum Gasteiger partial charge on any atom is -0.496 e. The van der Waals surface area contributed by atoms with Crippen LogP contribution >= 0.6 is 0 Å². The van der Waals surface area contributed by atoms with Crippen LogP contribution in [0.4, 0.5) is 0 Å². The van der Waals surface area contributed by atoms with Gasteiger partial charge in [0.1, 0.15) is 5.75 Å². The number of nitrogens with one attached hydrogen (secondary N) is 1. The van der Waals surface area contributed by atoms with Crippen molar-refractivity contribution in [1.82, 2.24) is 5.32 Å². The molecule has 0 saturated heterocycles. The smallest absolute Gasteiger partial charge is 0.224 e. The van der Waals surface area contributed by atoms with Gasteiger partial charge in [-0.15, -0.1) is 0 Å². The summed E-state index contributed by atoms with van der Waals surface area (Å²) < 4.78 is 5.30. The van der Waals surface area contributed by atoms with Crippen molar-refractivity contribution in [2.45, 2.75) is 41.2 Å². The van der Waals surface area contributed by atoms with Crippen LogP contribution in [0, 0.1) is 17.3 Å². The Balaban J connectivity index is 2.75. The van der Waals surface area contributed by atoms with Gasteiger partial charge < -0.3 is 10.1 Å². The van der Waals surface area contributed by atoms with Crippen molar-refractivity contribution in [2.75, 3.05) is 7.11 Å². The Labute approximate surface area is 122 Å². The quantitative estimate of drug-likeness (QED) is 0.892. The average Bonchev–Trinajstić information content (AvgIpc) is 2.34. The zero-order chi connectivity index (χ0) is 15.3. The van der Waals surface area contributed by atoms with Gasteiger partial charge in [0.05, 0.1) is 7.11 Å². The minimum absolute atomic E-state index is 0.00259. The summed E-state index contributed by atoms with van der Waals surface area (Å²) in [5, 5.41) is 3.04. The Bertz CT molecular complexity index is 447. The Morgan fingerprint density at radius 1 is 1.25 bits per heavy atom. The fraction of sp³-hybridized carbons (Fsp3) is 0.588. The Hall–Kier alpha value is -1.51. The van der Waals surface area contributed by atoms with Gasteiger partial charge in [0.15, 0.2) is 0 Å². The second-order valence-corrected chi connectivity index (χ2v) is 6.62. The number of carbonyl (C=O) groups is 1. The van der Waals surface area contributed by atoms with E-state index in [0.29, 0.717) is 12.5 Å². The van der Waals surface area contributed by atoms with Gasteiger partial charge >= 0.3 is 0 Å². The third-order valence-electron chi connectivity index (χ3n) is 3.53. The Kier molecular flexibility index (Phi) is 5.61. The lowest BCUT2D eigenvalue weighted by Gasteiger charge is -2.32. The predicted octanol–water partition coefficient (Wildman–Crippen LogP) is 3.63. The molecule has 3 heteroatoms. The zero-order valence-corrected chi connectivity index (χ0v) is 13.5. The third-order valence-corrected chi connectivity index (χ3v) is 3.53. The molecule has 1 aromatic rings. The van der Waals surface area contributed by atoms with Crippen molar-refractivity contribution in [1.29, 1.82) is 0 Å². The second kappa shape index (κ2) is 6.78. The van der Waals surface area contributed by atoms with E-state index in [1.165, 1.54) is 0 Å². The molecule has 0 bridgehead atoms. The van der Waals surface area contributed by atoms with Crippen LogP contribution < -0.4 is 10.1 Å². The molecule has 1 atom stereocenters. The molecule has 0 aliphatic rings. The van der Waals surface area contributed by atoms with E-state index in [9.17, 15) is 4.79 Å². The minimum atomic E-state index is -0.0426. The maximum atomic E-state index is 12.5. The summed E-state index contributed by atoms with van der Waals surface area (Å²) in [7, 11) is 1.65. The van der Waals surface area contributed by atoms with Crippen LogP contribution in [0.25, 0.3) is 0 Å². The zero-order valence-electron chi connectivity index (χ0n) is 13.5. The second-order valence-electron chi connectivity index (χ2n) is 6.62. The number of carbonyl (C=O) groups excluding carboxylic acids is 1. The van der Waals surface area contributed by atoms with Gasteiger partial charge in [-0.25, -0.2) is 0 Å². The number of amides is 1. The number of hydrogen-bond acceptors (Lipinski definition) is 2. The number of ether oxygens (including phenoxy) is 1. The van der Waals surface area contributed by atoms with Gasteiger partial charge in [0.2, 0.25) is 5.91 Å². The highest BCUT2D eigenvalue weighted by atomic mass is 16.5. The summed E-state index contributed by atoms with van der Waals surface area (Å²) in [5.41, 5.74) is 0.957. The topological polar surface area (TPSA) is 38.3 Å². The van der Waals surface area contributed by atoms with Gasteiger partial charge in [-0.2, -0.15) is 0 Å². The molecule has 0 aliphatic carbocycles. The molecular weight excluding hydrogens is 250 g/mol. The molecule has 0 fully saturated rings. The van der Waals surface area contributed by atoms with E-state index in [-0.39, 0.29) is 17.2 Å². The number of benzene rings is 1. The summed E-state index contributed by atoms with van der Waals surface area (Å²) >= 11 is 0. The van der Waals surface area contributed by atoms with Crippen LogP contribution in [0.2, 0.25) is 0 Å². The van der Waals surface area contributed by atoms with Crippen molar-refractivity contribution in [3.8, 4) is 5.75 Å². The lowest BCUT2D eigenvalue weighted by atomic mass is 9.74. The molecule has 1 N–H and O–H groups in total. The van der Waals surface area contributed by atoms with Gasteiger partial charge in [0.25, 0.3) is 0 Å². The monoisotopic (exact) mass is 277 g/mol. The van der Waals surface area contributed by atoms with E-state index in [0.717, 1.165) is 11.3 Å². The summed E-state index contributed by atoms with van der Waals surface area (Å²) in [6.07, 6.45) is 0. The molecule has 0 aliphatic heterocycles. The normalized spacial score (nSPS) is 13.2. The molecule has 0 saturated carbocycles. The van der Waals surface area contributed by atoms with E-state index in [1.807, 2.05) is 24.3 Å². The summed E-state index contributed by atoms with van der Waals surface area (Å²) in [6.45, 7) is 11.0. The van der Waals surface area contributed by atoms with Crippen LogP contribution in [0.1, 0.15) is 40.2 Å². The highest BCUT2D eigenvalue weighted by Gasteiger charge is 2.33. The van der Waals surface area contributed by atoms with Crippen LogP contribution in [-0.4, -0.2) is 13.0 Å². The predicted molar refractivity (Wildman–Crippen MR) is 82.6 cm³/mol. The molecule has 20 heavy (non-hydrogen) atoms. The molecule has 1 unspecified atom stereocenters. The molecular formula is C17H27NO2. The summed E-state index contributed by atoms with van der Waals surface area (Å²) in [4.78, 5) is 12.5. The van der Waals surface area contributed by atoms with Crippen molar-refractivity contribution >= 4 is 5.91 Å². The maximum Gasteiger partial charge on any atom is 0.224 e. The van der Waals surface area contributed by atoms with E-state index < -0.39 is 0 Å². The van der Waals surface area contributed by atoms with Crippen LogP contribution in [0.15, 0.2) is 24.3 Å². The number of methoxy groups -OCH3 is 1. The van der Waals surface area contributed by atoms with Gasteiger partial charge in [-0.05, 0) is 17.4 Å². The van der Waals surface area contributed by atoms with Crippen LogP contribution in [0.3, 0.4) is 0 Å². The van der Waals surface area contributed by atoms with Crippen molar-refractivity contribution in [2.24, 2.45) is 17.3 Å². The highest BCUT2D eigenvalue weighted by Crippen LogP contribution is 2.32. The van der Waals surface area contributed by atoms with Gasteiger partial charge in [-0.3, -0.25) is 4.79 Å². The average molecular weight is 277 g/mol. The van der Waals surface area contributed by atoms with E-state index in [4.69, 9.17) is 4.74 Å². The first-order valence-electron chi connectivity index (χ1n) is 7.17. The van der Waals surface area contributed by atoms with E-state index in [2.05, 4.69) is 39.9 Å². The largest absolute Gasteiger partial charge is 0.496 e. The first kappa shape index (κ1) is 16.5. The fourth-order valence-electron chi connectivity index (χ4n) is 2.84. The third kappa shape index (κ3) is 4.26. The molecule has 112 valence electrons. The van der Waals surface area contributed by atoms with Crippen molar-refractivity contribution < 1.29 is 9.53 Å². The lowest BCUT2D eigenvalue weighted by Crippen LogP contribution is -2.40. The molecule has 1 amide bonds. The van der Waals surface area contributed by atoms with Crippen LogP contribution in [0.5, 0.6) is 5.75 Å². The van der Waals surface area contributed by atoms with Crippen molar-refractivity contribution in [3.05, 3.63) is 29.8 Å². The first-order chi connectivity index (χ1) is 9.27. The molecule has 0 aromatic heterocycles. The van der Waals surface area contributed by atoms with Crippen LogP contribution in [-0.2, 0) is 11.3 Å². The highest BCUT2D eigenvalue weighted by molar-refractivity contribution is 5.79. The maximum absolute atomic E-state index is 12.5. The Morgan fingerprint density at radius 3 is 2.35 bits per heavy atom. The standard InChI is InChI=1S/C17H27NO2/c1-12(2)15(17(3,4)5)16(19)18-11-13-9-7-8-10-14(13)20-6/h7-10,12,15H,11H2,1-6H3,(H,18,19). The SMILES string of the molecule is COc1ccccc1CNC(=O)C(C(C)C)C(C)(C)C. The van der Waals surface area contributed by atoms with E-state index >= 15 is 0 Å². The van der Waals surface area contributed by atoms with Crippen molar-refractivity contribution in [3.63, 3.8) is 0 Å². The van der Waals surface area contributed by atoms with Gasteiger partial charge in [-0.1, -0.05) is 52.8 Å². The number of rotatable bonds is 5. The Morgan fingerprint density at radius 2 is 1.85 bits per heavy atom. The molecule has 0 heterocycles. The lowest BCUT2D eigenvalue weighted by molar-refractivity contribution is -0.130. The number of para-hydroxylation sites is 1. The molecule has 0 radical (unpaired) electrons. The first-order valence-corrected chi connectivity index (χ1v) is 7.17. The fourth-order valence-corrected chi connectivity index (χ4v) is 2.84. The van der Waals surface area contributed by atoms with E-state index in [1.54, 1.807) is 7.11 Å². The van der Waals surface area contributed by atoms with Gasteiger partial charge in [0, 0.05) is 18.0 Å².